The Morgan fingerprint density at radius 1 is 1.18 bits per heavy atom. The van der Waals surface area contributed by atoms with Gasteiger partial charge in [0.05, 0.1) is 52.9 Å². The topological polar surface area (TPSA) is 115 Å². The van der Waals surface area contributed by atoms with Crippen LogP contribution in [0.15, 0.2) is 52.6 Å². The highest BCUT2D eigenvalue weighted by Gasteiger charge is 2.41. The number of hydrogen-bond acceptors (Lipinski definition) is 6. The molecule has 2 fully saturated rings. The molecule has 2 atom stereocenters. The average molecular weight is 558 g/mol. The Labute approximate surface area is 226 Å². The summed E-state index contributed by atoms with van der Waals surface area (Å²) in [5.41, 5.74) is -2.14. The summed E-state index contributed by atoms with van der Waals surface area (Å²) >= 11 is 0. The number of aliphatic imine (C=N–C) groups is 1. The largest absolute Gasteiger partial charge is 0.418 e. The molecule has 4 aliphatic rings. The Morgan fingerprint density at radius 3 is 2.62 bits per heavy atom. The Balaban J connectivity index is 1.42. The van der Waals surface area contributed by atoms with Crippen molar-refractivity contribution in [1.29, 1.82) is 5.26 Å². The highest BCUT2D eigenvalue weighted by molar-refractivity contribution is 6.24. The van der Waals surface area contributed by atoms with E-state index in [0.29, 0.717) is 6.07 Å². The second-order valence-corrected chi connectivity index (χ2v) is 9.60. The number of allylic oxidation sites excluding steroid dienone is 3. The van der Waals surface area contributed by atoms with Gasteiger partial charge in [0.1, 0.15) is 0 Å². The van der Waals surface area contributed by atoms with E-state index >= 15 is 0 Å². The fourth-order valence-corrected chi connectivity index (χ4v) is 5.16. The molecule has 0 saturated carbocycles. The molecule has 1 N–H and O–H groups in total. The van der Waals surface area contributed by atoms with Crippen LogP contribution in [0, 0.1) is 11.3 Å². The summed E-state index contributed by atoms with van der Waals surface area (Å²) in [6, 6.07) is 2.93. The number of nitriles is 1. The normalized spacial score (nSPS) is 22.7. The molecule has 3 aliphatic heterocycles. The van der Waals surface area contributed by atoms with Gasteiger partial charge in [-0.05, 0) is 24.6 Å². The van der Waals surface area contributed by atoms with Crippen molar-refractivity contribution in [3.05, 3.63) is 64.3 Å². The molecule has 1 aliphatic carbocycles. The minimum absolute atomic E-state index is 0.0724. The van der Waals surface area contributed by atoms with Gasteiger partial charge in [0.2, 0.25) is 0 Å². The number of carbonyl (C=O) groups is 3. The van der Waals surface area contributed by atoms with Gasteiger partial charge in [-0.3, -0.25) is 14.4 Å². The van der Waals surface area contributed by atoms with Gasteiger partial charge in [0.15, 0.2) is 6.17 Å². The van der Waals surface area contributed by atoms with E-state index in [-0.39, 0.29) is 79.5 Å². The fraction of sp³-hybridized carbons (Fsp3) is 0.370. The molecule has 0 aromatic heterocycles. The highest BCUT2D eigenvalue weighted by Crippen LogP contribution is 2.41. The Kier molecular flexibility index (Phi) is 7.29. The van der Waals surface area contributed by atoms with Crippen LogP contribution in [0.1, 0.15) is 27.9 Å². The van der Waals surface area contributed by atoms with Crippen molar-refractivity contribution >= 4 is 29.1 Å². The number of dihydropyridines is 1. The lowest BCUT2D eigenvalue weighted by Crippen LogP contribution is -2.42. The summed E-state index contributed by atoms with van der Waals surface area (Å²) in [6.07, 6.45) is -1.23. The molecular weight excluding hydrogens is 534 g/mol. The number of ether oxygens (including phenoxy) is 1. The maximum Gasteiger partial charge on any atom is 0.418 e. The minimum Gasteiger partial charge on any atom is -0.378 e. The van der Waals surface area contributed by atoms with Crippen LogP contribution in [-0.4, -0.2) is 79.9 Å². The second kappa shape index (κ2) is 10.7. The van der Waals surface area contributed by atoms with Gasteiger partial charge in [-0.25, -0.2) is 9.38 Å². The second-order valence-electron chi connectivity index (χ2n) is 9.60. The summed E-state index contributed by atoms with van der Waals surface area (Å²) in [5, 5.41) is 12.1. The molecule has 13 heteroatoms. The Bertz CT molecular complexity index is 1430. The third-order valence-electron chi connectivity index (χ3n) is 7.03. The molecule has 5 rings (SSSR count). The number of fused-ring (bicyclic) bond motifs is 1. The number of nitrogens with one attached hydrogen (secondary N) is 1. The van der Waals surface area contributed by atoms with Gasteiger partial charge in [-0.15, -0.1) is 0 Å². The van der Waals surface area contributed by atoms with E-state index in [2.05, 4.69) is 10.3 Å². The smallest absolute Gasteiger partial charge is 0.378 e. The standard InChI is InChI=1S/C27H23F4N5O4/c28-21-3-1-2-17-18(12-22(37)34-23(17)21)25(38)33-16-4-5-36(14-16)24-19(26(39)35-6-8-40-9-7-35)10-15(13-32)11-20(24)27(29,30)31/h1-3,10-12,16,21H,4-9,14H2,(H,33,38)/t16-,21?/m1/s1. The van der Waals surface area contributed by atoms with Crippen LogP contribution in [-0.2, 0) is 20.5 Å². The number of benzene rings is 1. The minimum atomic E-state index is -4.86. The van der Waals surface area contributed by atoms with Gasteiger partial charge in [0, 0.05) is 43.9 Å². The third kappa shape index (κ3) is 5.27. The van der Waals surface area contributed by atoms with E-state index in [4.69, 9.17) is 4.74 Å². The summed E-state index contributed by atoms with van der Waals surface area (Å²) < 4.78 is 62.2. The van der Waals surface area contributed by atoms with Crippen LogP contribution in [0.2, 0.25) is 0 Å². The first kappa shape index (κ1) is 27.3. The highest BCUT2D eigenvalue weighted by atomic mass is 19.4. The van der Waals surface area contributed by atoms with E-state index in [9.17, 15) is 37.2 Å². The Morgan fingerprint density at radius 2 is 1.93 bits per heavy atom. The van der Waals surface area contributed by atoms with Crippen molar-refractivity contribution in [3.63, 3.8) is 0 Å². The van der Waals surface area contributed by atoms with Crippen molar-refractivity contribution in [2.24, 2.45) is 4.99 Å². The fourth-order valence-electron chi connectivity index (χ4n) is 5.16. The van der Waals surface area contributed by atoms with Crippen molar-refractivity contribution in [1.82, 2.24) is 10.2 Å². The lowest BCUT2D eigenvalue weighted by atomic mass is 9.91. The first-order chi connectivity index (χ1) is 19.1. The molecule has 0 bridgehead atoms. The van der Waals surface area contributed by atoms with Gasteiger partial charge < -0.3 is 19.9 Å². The quantitative estimate of drug-likeness (QED) is 0.569. The van der Waals surface area contributed by atoms with Crippen molar-refractivity contribution in [3.8, 4) is 6.07 Å². The maximum atomic E-state index is 14.3. The molecule has 3 heterocycles. The molecule has 40 heavy (non-hydrogen) atoms. The molecule has 9 nitrogen and oxygen atoms in total. The van der Waals surface area contributed by atoms with E-state index in [1.54, 1.807) is 6.07 Å². The van der Waals surface area contributed by atoms with E-state index in [0.717, 1.165) is 12.1 Å². The number of halogens is 4. The van der Waals surface area contributed by atoms with E-state index in [1.807, 2.05) is 0 Å². The van der Waals surface area contributed by atoms with Crippen LogP contribution in [0.5, 0.6) is 0 Å². The third-order valence-corrected chi connectivity index (χ3v) is 7.03. The van der Waals surface area contributed by atoms with E-state index < -0.39 is 41.7 Å². The molecule has 2 saturated heterocycles. The van der Waals surface area contributed by atoms with Crippen LogP contribution in [0.3, 0.4) is 0 Å². The van der Waals surface area contributed by atoms with Crippen LogP contribution in [0.25, 0.3) is 0 Å². The van der Waals surface area contributed by atoms with Crippen LogP contribution in [0.4, 0.5) is 23.2 Å². The lowest BCUT2D eigenvalue weighted by molar-refractivity contribution is -0.137. The summed E-state index contributed by atoms with van der Waals surface area (Å²) in [6.45, 7) is 0.868. The zero-order valence-electron chi connectivity index (χ0n) is 21.0. The molecule has 1 aromatic carbocycles. The van der Waals surface area contributed by atoms with Gasteiger partial charge >= 0.3 is 6.18 Å². The molecule has 1 unspecified atom stereocenters. The number of morpholine rings is 1. The Hall–Kier alpha value is -4.31. The zero-order valence-corrected chi connectivity index (χ0v) is 21.0. The van der Waals surface area contributed by atoms with E-state index in [1.165, 1.54) is 28.0 Å². The first-order valence-corrected chi connectivity index (χ1v) is 12.5. The summed E-state index contributed by atoms with van der Waals surface area (Å²) in [4.78, 5) is 44.9. The molecule has 0 radical (unpaired) electrons. The molecular formula is C27H23F4N5O4. The van der Waals surface area contributed by atoms with Gasteiger partial charge in [-0.1, -0.05) is 12.2 Å². The number of rotatable bonds is 4. The number of amides is 3. The predicted molar refractivity (Wildman–Crippen MR) is 134 cm³/mol. The molecule has 208 valence electrons. The number of nitrogens with zero attached hydrogens (tertiary/aromatic N) is 4. The van der Waals surface area contributed by atoms with Crippen molar-refractivity contribution in [2.75, 3.05) is 44.3 Å². The summed E-state index contributed by atoms with van der Waals surface area (Å²) in [7, 11) is 0. The van der Waals surface area contributed by atoms with Crippen molar-refractivity contribution < 1.29 is 36.7 Å². The predicted octanol–water partition coefficient (Wildman–Crippen LogP) is 2.49. The molecule has 0 spiro atoms. The average Bonchev–Trinajstić information content (AvgIpc) is 3.40. The number of hydrogen-bond donors (Lipinski definition) is 1. The van der Waals surface area contributed by atoms with Crippen LogP contribution < -0.4 is 10.2 Å². The number of anilines is 1. The van der Waals surface area contributed by atoms with Crippen LogP contribution >= 0.6 is 0 Å². The summed E-state index contributed by atoms with van der Waals surface area (Å²) in [5.74, 6) is -2.13. The number of carbonyl (C=O) groups excluding carboxylic acids is 3. The first-order valence-electron chi connectivity index (χ1n) is 12.5. The van der Waals surface area contributed by atoms with Gasteiger partial charge in [-0.2, -0.15) is 18.4 Å². The van der Waals surface area contributed by atoms with Crippen molar-refractivity contribution in [2.45, 2.75) is 24.8 Å². The number of alkyl halides is 4. The zero-order chi connectivity index (χ0) is 28.6. The molecule has 3 amide bonds. The SMILES string of the molecule is N#Cc1cc(C(=O)N2CCOCC2)c(N2CC[C@@H](NC(=O)C3=CC(=O)N=C4C3=CC=CC4F)C2)c(C(F)(F)F)c1. The monoisotopic (exact) mass is 557 g/mol. The molecule has 1 aromatic rings. The lowest BCUT2D eigenvalue weighted by Gasteiger charge is -2.31. The van der Waals surface area contributed by atoms with Gasteiger partial charge in [0.25, 0.3) is 17.7 Å². The maximum absolute atomic E-state index is 14.3.